The van der Waals surface area contributed by atoms with Crippen molar-refractivity contribution in [3.05, 3.63) is 23.8 Å². The van der Waals surface area contributed by atoms with E-state index in [2.05, 4.69) is 33.8 Å². The third-order valence-corrected chi connectivity index (χ3v) is 4.04. The molecule has 4 heteroatoms. The Hall–Kier alpha value is -1.71. The Morgan fingerprint density at radius 1 is 1.27 bits per heavy atom. The largest absolute Gasteiger partial charge is 0.493 e. The second kappa shape index (κ2) is 6.59. The summed E-state index contributed by atoms with van der Waals surface area (Å²) in [6.45, 7) is 8.58. The van der Waals surface area contributed by atoms with E-state index in [0.717, 1.165) is 35.8 Å². The van der Waals surface area contributed by atoms with Gasteiger partial charge in [0.25, 0.3) is 0 Å². The number of rotatable bonds is 5. The van der Waals surface area contributed by atoms with Crippen LogP contribution in [0.3, 0.4) is 0 Å². The second-order valence-corrected chi connectivity index (χ2v) is 6.47. The van der Waals surface area contributed by atoms with Crippen molar-refractivity contribution in [1.29, 1.82) is 0 Å². The van der Waals surface area contributed by atoms with Crippen LogP contribution in [0.5, 0.6) is 11.5 Å². The summed E-state index contributed by atoms with van der Waals surface area (Å²) in [5.41, 5.74) is 1.07. The number of aliphatic imine (C=N–C) groups is 1. The molecule has 0 saturated heterocycles. The third-order valence-electron chi connectivity index (χ3n) is 4.04. The molecule has 2 unspecified atom stereocenters. The zero-order chi connectivity index (χ0) is 16.3. The predicted octanol–water partition coefficient (Wildman–Crippen LogP) is 4.18. The van der Waals surface area contributed by atoms with Crippen molar-refractivity contribution in [3.63, 3.8) is 0 Å². The molecule has 1 aliphatic rings. The fourth-order valence-corrected chi connectivity index (χ4v) is 3.10. The molecule has 1 aromatic carbocycles. The minimum absolute atomic E-state index is 0.0724. The molecule has 0 bridgehead atoms. The van der Waals surface area contributed by atoms with Crippen LogP contribution < -0.4 is 9.47 Å². The maximum Gasteiger partial charge on any atom is 0.191 e. The average Bonchev–Trinajstić information content (AvgIpc) is 2.45. The number of methoxy groups -OCH3 is 2. The molecule has 122 valence electrons. The van der Waals surface area contributed by atoms with Gasteiger partial charge in [0.1, 0.15) is 0 Å². The third kappa shape index (κ3) is 3.54. The van der Waals surface area contributed by atoms with Crippen molar-refractivity contribution >= 4 is 5.90 Å². The van der Waals surface area contributed by atoms with Crippen molar-refractivity contribution in [2.24, 2.45) is 4.99 Å². The lowest BCUT2D eigenvalue weighted by Crippen LogP contribution is -2.36. The fraction of sp³-hybridized carbons (Fsp3) is 0.611. The number of nitrogens with zero attached hydrogens (tertiary/aromatic N) is 1. The summed E-state index contributed by atoms with van der Waals surface area (Å²) in [7, 11) is 3.30. The fourth-order valence-electron chi connectivity index (χ4n) is 3.10. The lowest BCUT2D eigenvalue weighted by molar-refractivity contribution is 0.136. The van der Waals surface area contributed by atoms with Crippen molar-refractivity contribution in [2.75, 3.05) is 14.2 Å². The zero-order valence-electron chi connectivity index (χ0n) is 14.5. The summed E-state index contributed by atoms with van der Waals surface area (Å²) in [4.78, 5) is 4.83. The van der Waals surface area contributed by atoms with Gasteiger partial charge in [-0.25, -0.2) is 4.99 Å². The Morgan fingerprint density at radius 3 is 2.50 bits per heavy atom. The molecule has 0 aromatic heterocycles. The molecule has 4 nitrogen and oxygen atoms in total. The normalized spacial score (nSPS) is 21.5. The predicted molar refractivity (Wildman–Crippen MR) is 89.3 cm³/mol. The topological polar surface area (TPSA) is 40.0 Å². The van der Waals surface area contributed by atoms with Gasteiger partial charge < -0.3 is 14.2 Å². The van der Waals surface area contributed by atoms with Gasteiger partial charge in [-0.05, 0) is 44.9 Å². The molecule has 2 rings (SSSR count). The first-order valence-corrected chi connectivity index (χ1v) is 7.88. The van der Waals surface area contributed by atoms with Gasteiger partial charge in [0.05, 0.1) is 31.8 Å². The van der Waals surface area contributed by atoms with Crippen LogP contribution >= 0.6 is 0 Å². The highest BCUT2D eigenvalue weighted by Crippen LogP contribution is 2.35. The molecular formula is C18H27NO3. The highest BCUT2D eigenvalue weighted by molar-refractivity contribution is 5.85. The Labute approximate surface area is 133 Å². The Morgan fingerprint density at radius 2 is 1.95 bits per heavy atom. The van der Waals surface area contributed by atoms with Crippen molar-refractivity contribution in [1.82, 2.24) is 0 Å². The molecule has 0 fully saturated rings. The zero-order valence-corrected chi connectivity index (χ0v) is 14.5. The maximum absolute atomic E-state index is 6.04. The molecule has 22 heavy (non-hydrogen) atoms. The summed E-state index contributed by atoms with van der Waals surface area (Å²) in [6, 6.07) is 6.02. The summed E-state index contributed by atoms with van der Waals surface area (Å²) in [5, 5.41) is 0. The van der Waals surface area contributed by atoms with Gasteiger partial charge in [-0.2, -0.15) is 0 Å². The Bertz CT molecular complexity index is 551. The molecule has 1 heterocycles. The summed E-state index contributed by atoms with van der Waals surface area (Å²) >= 11 is 0. The van der Waals surface area contributed by atoms with E-state index in [1.807, 2.05) is 12.1 Å². The molecule has 0 saturated carbocycles. The van der Waals surface area contributed by atoms with Gasteiger partial charge >= 0.3 is 0 Å². The first-order valence-electron chi connectivity index (χ1n) is 7.88. The highest BCUT2D eigenvalue weighted by atomic mass is 16.5. The van der Waals surface area contributed by atoms with Crippen LogP contribution in [0.25, 0.3) is 0 Å². The molecule has 0 N–H and O–H groups in total. The van der Waals surface area contributed by atoms with Gasteiger partial charge in [-0.15, -0.1) is 0 Å². The Kier molecular flexibility index (Phi) is 4.99. The van der Waals surface area contributed by atoms with E-state index < -0.39 is 0 Å². The Balaban J connectivity index is 2.38. The van der Waals surface area contributed by atoms with Gasteiger partial charge in [-0.3, -0.25) is 0 Å². The van der Waals surface area contributed by atoms with E-state index in [9.17, 15) is 0 Å². The smallest absolute Gasteiger partial charge is 0.191 e. The van der Waals surface area contributed by atoms with E-state index in [1.165, 1.54) is 0 Å². The molecule has 0 aliphatic carbocycles. The summed E-state index contributed by atoms with van der Waals surface area (Å²) < 4.78 is 16.8. The standard InChI is InChI=1S/C18H27NO3/c1-7-14(17-19-18(3,4)11-12(2)22-17)13-8-9-15(20-5)16(10-13)21-6/h8-10,12,14H,7,11H2,1-6H3. The summed E-state index contributed by atoms with van der Waals surface area (Å²) in [5.74, 6) is 2.45. The van der Waals surface area contributed by atoms with Crippen LogP contribution in [0.1, 0.15) is 52.0 Å². The van der Waals surface area contributed by atoms with Crippen LogP contribution in [-0.2, 0) is 4.74 Å². The summed E-state index contributed by atoms with van der Waals surface area (Å²) in [6.07, 6.45) is 2.06. The number of benzene rings is 1. The van der Waals surface area contributed by atoms with Crippen LogP contribution in [0.2, 0.25) is 0 Å². The van der Waals surface area contributed by atoms with Gasteiger partial charge in [0.15, 0.2) is 17.4 Å². The molecule has 0 amide bonds. The molecule has 0 spiro atoms. The monoisotopic (exact) mass is 305 g/mol. The molecular weight excluding hydrogens is 278 g/mol. The second-order valence-electron chi connectivity index (χ2n) is 6.47. The van der Waals surface area contributed by atoms with Crippen molar-refractivity contribution < 1.29 is 14.2 Å². The van der Waals surface area contributed by atoms with Crippen LogP contribution in [0.15, 0.2) is 23.2 Å². The van der Waals surface area contributed by atoms with Crippen LogP contribution in [-0.4, -0.2) is 31.8 Å². The maximum atomic E-state index is 6.04. The molecule has 0 radical (unpaired) electrons. The minimum Gasteiger partial charge on any atom is -0.493 e. The van der Waals surface area contributed by atoms with Gasteiger partial charge in [0.2, 0.25) is 0 Å². The van der Waals surface area contributed by atoms with E-state index in [1.54, 1.807) is 14.2 Å². The van der Waals surface area contributed by atoms with E-state index >= 15 is 0 Å². The minimum atomic E-state index is -0.0724. The quantitative estimate of drug-likeness (QED) is 0.819. The van der Waals surface area contributed by atoms with E-state index in [0.29, 0.717) is 0 Å². The van der Waals surface area contributed by atoms with E-state index in [4.69, 9.17) is 19.2 Å². The van der Waals surface area contributed by atoms with Crippen LogP contribution in [0, 0.1) is 0 Å². The number of hydrogen-bond acceptors (Lipinski definition) is 4. The SMILES string of the molecule is CCC(C1=NC(C)(C)CC(C)O1)c1ccc(OC)c(OC)c1. The van der Waals surface area contributed by atoms with Gasteiger partial charge in [0, 0.05) is 6.42 Å². The van der Waals surface area contributed by atoms with Crippen molar-refractivity contribution in [2.45, 2.75) is 58.1 Å². The number of hydrogen-bond donors (Lipinski definition) is 0. The molecule has 1 aromatic rings. The first-order chi connectivity index (χ1) is 10.4. The molecule has 1 aliphatic heterocycles. The molecule has 2 atom stereocenters. The lowest BCUT2D eigenvalue weighted by atomic mass is 9.91. The lowest BCUT2D eigenvalue weighted by Gasteiger charge is -2.34. The van der Waals surface area contributed by atoms with Crippen LogP contribution in [0.4, 0.5) is 0 Å². The number of ether oxygens (including phenoxy) is 3. The average molecular weight is 305 g/mol. The van der Waals surface area contributed by atoms with Crippen molar-refractivity contribution in [3.8, 4) is 11.5 Å². The van der Waals surface area contributed by atoms with Gasteiger partial charge in [-0.1, -0.05) is 13.0 Å². The first kappa shape index (κ1) is 16.7. The van der Waals surface area contributed by atoms with E-state index in [-0.39, 0.29) is 17.6 Å². The highest BCUT2D eigenvalue weighted by Gasteiger charge is 2.32.